The topological polar surface area (TPSA) is 92.4 Å². The molecular weight excluding hydrogens is 352 g/mol. The maximum atomic E-state index is 11.9. The van der Waals surface area contributed by atoms with Crippen molar-refractivity contribution in [2.24, 2.45) is 0 Å². The van der Waals surface area contributed by atoms with E-state index in [-0.39, 0.29) is 12.1 Å². The molecule has 150 valence electrons. The Morgan fingerprint density at radius 2 is 1.70 bits per heavy atom. The average Bonchev–Trinajstić information content (AvgIpc) is 2.71. The van der Waals surface area contributed by atoms with Crippen LogP contribution in [0.3, 0.4) is 0 Å². The maximum absolute atomic E-state index is 11.9. The van der Waals surface area contributed by atoms with Crippen LogP contribution in [0, 0.1) is 0 Å². The fourth-order valence-corrected chi connectivity index (χ4v) is 2.85. The Kier molecular flexibility index (Phi) is 8.00. The van der Waals surface area contributed by atoms with Gasteiger partial charge >= 0.3 is 12.1 Å². The number of ether oxygens (including phenoxy) is 3. The van der Waals surface area contributed by atoms with Gasteiger partial charge in [-0.05, 0) is 17.7 Å². The molecule has 0 atom stereocenters. The minimum atomic E-state index is -0.290. The van der Waals surface area contributed by atoms with E-state index >= 15 is 0 Å². The number of hydrogen-bond donors (Lipinski definition) is 2. The van der Waals surface area contributed by atoms with E-state index in [1.54, 1.807) is 19.1 Å². The molecule has 0 radical (unpaired) electrons. The van der Waals surface area contributed by atoms with E-state index in [1.165, 1.54) is 7.11 Å². The van der Waals surface area contributed by atoms with Gasteiger partial charge in [-0.2, -0.15) is 0 Å². The lowest BCUT2D eigenvalue weighted by molar-refractivity contribution is 0.0915. The molecule has 1 aliphatic heterocycles. The largest absolute Gasteiger partial charge is 0.493 e. The molecule has 9 nitrogen and oxygen atoms in total. The summed E-state index contributed by atoms with van der Waals surface area (Å²) < 4.78 is 15.2. The van der Waals surface area contributed by atoms with Gasteiger partial charge in [0, 0.05) is 45.8 Å². The van der Waals surface area contributed by atoms with E-state index in [1.807, 2.05) is 18.2 Å². The number of methoxy groups -OCH3 is 3. The Morgan fingerprint density at radius 3 is 2.33 bits per heavy atom. The predicted molar refractivity (Wildman–Crippen MR) is 100 cm³/mol. The highest BCUT2D eigenvalue weighted by atomic mass is 16.5. The van der Waals surface area contributed by atoms with Crippen LogP contribution in [0.2, 0.25) is 0 Å². The Morgan fingerprint density at radius 1 is 1.00 bits per heavy atom. The fraction of sp³-hybridized carbons (Fsp3) is 0.556. The van der Waals surface area contributed by atoms with E-state index in [4.69, 9.17) is 14.2 Å². The minimum absolute atomic E-state index is 0.224. The van der Waals surface area contributed by atoms with Crippen LogP contribution in [-0.2, 0) is 11.3 Å². The van der Waals surface area contributed by atoms with Gasteiger partial charge in [-0.15, -0.1) is 0 Å². The number of hydrogen-bond acceptors (Lipinski definition) is 6. The summed E-state index contributed by atoms with van der Waals surface area (Å²) in [6.07, 6.45) is -0.290. The minimum Gasteiger partial charge on any atom is -0.493 e. The highest BCUT2D eigenvalue weighted by Crippen LogP contribution is 2.27. The fourth-order valence-electron chi connectivity index (χ4n) is 2.85. The van der Waals surface area contributed by atoms with Crippen LogP contribution in [0.4, 0.5) is 9.59 Å². The molecular formula is C18H28N4O5. The monoisotopic (exact) mass is 380 g/mol. The molecule has 9 heteroatoms. The van der Waals surface area contributed by atoms with Crippen molar-refractivity contribution in [3.05, 3.63) is 23.8 Å². The number of nitrogens with zero attached hydrogens (tertiary/aromatic N) is 2. The van der Waals surface area contributed by atoms with Crippen molar-refractivity contribution >= 4 is 12.1 Å². The Hall–Kier alpha value is -2.68. The summed E-state index contributed by atoms with van der Waals surface area (Å²) in [5.41, 5.74) is 0.918. The SMILES string of the molecule is COC(=O)N1CCN(CCNC(=O)NCc2ccc(OC)c(OC)c2)CC1. The Bertz CT molecular complexity index is 632. The average molecular weight is 380 g/mol. The first-order valence-corrected chi connectivity index (χ1v) is 8.85. The molecule has 2 N–H and O–H groups in total. The summed E-state index contributed by atoms with van der Waals surface area (Å²) in [6.45, 7) is 4.48. The third-order valence-corrected chi connectivity index (χ3v) is 4.42. The molecule has 1 aliphatic rings. The van der Waals surface area contributed by atoms with Crippen LogP contribution in [0.25, 0.3) is 0 Å². The standard InChI is InChI=1S/C18H28N4O5/c1-25-15-5-4-14(12-16(15)26-2)13-20-17(23)19-6-7-21-8-10-22(11-9-21)18(24)27-3/h4-5,12H,6-11,13H2,1-3H3,(H2,19,20,23). The van der Waals surface area contributed by atoms with Crippen LogP contribution in [0.15, 0.2) is 18.2 Å². The van der Waals surface area contributed by atoms with Crippen molar-refractivity contribution < 1.29 is 23.8 Å². The summed E-state index contributed by atoms with van der Waals surface area (Å²) in [4.78, 5) is 27.3. The highest BCUT2D eigenvalue weighted by molar-refractivity contribution is 5.73. The molecule has 0 aliphatic carbocycles. The number of benzene rings is 1. The first-order valence-electron chi connectivity index (χ1n) is 8.85. The van der Waals surface area contributed by atoms with Gasteiger partial charge in [0.1, 0.15) is 0 Å². The highest BCUT2D eigenvalue weighted by Gasteiger charge is 2.21. The predicted octanol–water partition coefficient (Wildman–Crippen LogP) is 0.887. The van der Waals surface area contributed by atoms with Gasteiger partial charge in [-0.25, -0.2) is 9.59 Å². The van der Waals surface area contributed by atoms with E-state index in [2.05, 4.69) is 15.5 Å². The van der Waals surface area contributed by atoms with E-state index in [0.717, 1.165) is 25.2 Å². The third kappa shape index (κ3) is 6.21. The quantitative estimate of drug-likeness (QED) is 0.730. The van der Waals surface area contributed by atoms with Crippen molar-refractivity contribution in [1.29, 1.82) is 0 Å². The number of piperazine rings is 1. The van der Waals surface area contributed by atoms with E-state index < -0.39 is 0 Å². The normalized spacial score (nSPS) is 14.4. The van der Waals surface area contributed by atoms with Gasteiger partial charge in [-0.1, -0.05) is 6.07 Å². The zero-order valence-electron chi connectivity index (χ0n) is 16.1. The summed E-state index contributed by atoms with van der Waals surface area (Å²) in [6, 6.07) is 5.29. The van der Waals surface area contributed by atoms with Crippen LogP contribution < -0.4 is 20.1 Å². The first kappa shape index (κ1) is 20.6. The van der Waals surface area contributed by atoms with Crippen molar-refractivity contribution in [2.75, 3.05) is 60.6 Å². The lowest BCUT2D eigenvalue weighted by Gasteiger charge is -2.33. The molecule has 0 unspecified atom stereocenters. The zero-order valence-corrected chi connectivity index (χ0v) is 16.1. The van der Waals surface area contributed by atoms with Gasteiger partial charge in [0.25, 0.3) is 0 Å². The van der Waals surface area contributed by atoms with E-state index in [9.17, 15) is 9.59 Å². The van der Waals surface area contributed by atoms with Gasteiger partial charge < -0.3 is 29.7 Å². The Balaban J connectivity index is 1.65. The molecule has 0 saturated carbocycles. The maximum Gasteiger partial charge on any atom is 0.409 e. The molecule has 0 aromatic heterocycles. The molecule has 0 bridgehead atoms. The molecule has 2 rings (SSSR count). The smallest absolute Gasteiger partial charge is 0.409 e. The Labute approximate surface area is 159 Å². The molecule has 27 heavy (non-hydrogen) atoms. The van der Waals surface area contributed by atoms with Gasteiger partial charge in [-0.3, -0.25) is 4.90 Å². The summed E-state index contributed by atoms with van der Waals surface area (Å²) in [5.74, 6) is 1.28. The second kappa shape index (κ2) is 10.5. The third-order valence-electron chi connectivity index (χ3n) is 4.42. The van der Waals surface area contributed by atoms with Gasteiger partial charge in [0.05, 0.1) is 21.3 Å². The van der Waals surface area contributed by atoms with Crippen molar-refractivity contribution in [1.82, 2.24) is 20.4 Å². The molecule has 1 aromatic carbocycles. The van der Waals surface area contributed by atoms with Crippen LogP contribution in [0.1, 0.15) is 5.56 Å². The lowest BCUT2D eigenvalue weighted by atomic mass is 10.2. The number of carbonyl (C=O) groups excluding carboxylic acids is 2. The van der Waals surface area contributed by atoms with Crippen molar-refractivity contribution in [2.45, 2.75) is 6.54 Å². The molecule has 1 aromatic rings. The summed E-state index contributed by atoms with van der Waals surface area (Å²) in [7, 11) is 4.55. The van der Waals surface area contributed by atoms with E-state index in [0.29, 0.717) is 37.7 Å². The van der Waals surface area contributed by atoms with Crippen molar-refractivity contribution in [3.63, 3.8) is 0 Å². The van der Waals surface area contributed by atoms with Crippen LogP contribution in [-0.4, -0.2) is 82.5 Å². The molecule has 0 spiro atoms. The van der Waals surface area contributed by atoms with Crippen molar-refractivity contribution in [3.8, 4) is 11.5 Å². The molecule has 3 amide bonds. The second-order valence-electron chi connectivity index (χ2n) is 6.10. The molecule has 1 fully saturated rings. The summed E-state index contributed by atoms with van der Waals surface area (Å²) in [5, 5.41) is 5.66. The number of rotatable bonds is 7. The zero-order chi connectivity index (χ0) is 19.6. The van der Waals surface area contributed by atoms with Crippen LogP contribution in [0.5, 0.6) is 11.5 Å². The number of carbonyl (C=O) groups is 2. The molecule has 1 heterocycles. The summed E-state index contributed by atoms with van der Waals surface area (Å²) >= 11 is 0. The number of nitrogens with one attached hydrogen (secondary N) is 2. The number of urea groups is 1. The van der Waals surface area contributed by atoms with Crippen LogP contribution >= 0.6 is 0 Å². The van der Waals surface area contributed by atoms with Gasteiger partial charge in [0.2, 0.25) is 0 Å². The number of amides is 3. The molecule has 1 saturated heterocycles. The van der Waals surface area contributed by atoms with Gasteiger partial charge in [0.15, 0.2) is 11.5 Å². The lowest BCUT2D eigenvalue weighted by Crippen LogP contribution is -2.50. The first-order chi connectivity index (χ1) is 13.1. The second-order valence-corrected chi connectivity index (χ2v) is 6.10.